The normalized spacial score (nSPS) is 17.0. The van der Waals surface area contributed by atoms with Crippen LogP contribution in [0.3, 0.4) is 0 Å². The molecule has 22 heavy (non-hydrogen) atoms. The molecule has 5 heteroatoms. The number of rotatable bonds is 6. The monoisotopic (exact) mass is 330 g/mol. The van der Waals surface area contributed by atoms with Crippen LogP contribution in [-0.4, -0.2) is 56.1 Å². The first kappa shape index (κ1) is 21.2. The predicted octanol–water partition coefficient (Wildman–Crippen LogP) is 2.80. The summed E-state index contributed by atoms with van der Waals surface area (Å²) in [6.07, 6.45) is 3.31. The lowest BCUT2D eigenvalue weighted by Gasteiger charge is -2.41. The molecule has 0 fully saturated rings. The molecule has 0 aliphatic rings. The fraction of sp³-hybridized carbons (Fsp3) is 0.765. The number of carbonyl (C=O) groups is 1. The second-order valence-electron chi connectivity index (χ2n) is 8.04. The molecule has 0 aliphatic carbocycles. The van der Waals surface area contributed by atoms with Crippen molar-refractivity contribution >= 4 is 21.5 Å². The van der Waals surface area contributed by atoms with Crippen molar-refractivity contribution in [3.8, 4) is 0 Å². The fourth-order valence-corrected chi connectivity index (χ4v) is 3.79. The van der Waals surface area contributed by atoms with Crippen molar-refractivity contribution in [3.05, 3.63) is 12.7 Å². The minimum Gasteiger partial charge on any atom is -0.335 e. The van der Waals surface area contributed by atoms with Crippen LogP contribution in [0.5, 0.6) is 0 Å². The maximum Gasteiger partial charge on any atom is 0.238 e. The number of nitrogens with zero attached hydrogens (tertiary/aromatic N) is 2. The summed E-state index contributed by atoms with van der Waals surface area (Å²) in [5.74, 6) is 3.71. The van der Waals surface area contributed by atoms with Gasteiger partial charge in [-0.2, -0.15) is 0 Å². The van der Waals surface area contributed by atoms with E-state index in [0.29, 0.717) is 6.54 Å². The zero-order chi connectivity index (χ0) is 17.9. The van der Waals surface area contributed by atoms with Crippen molar-refractivity contribution < 1.29 is 9.00 Å². The lowest BCUT2D eigenvalue weighted by atomic mass is 9.87. The van der Waals surface area contributed by atoms with E-state index in [1.807, 2.05) is 27.7 Å². The second-order valence-corrected chi connectivity index (χ2v) is 10.4. The predicted molar refractivity (Wildman–Crippen MR) is 98.5 cm³/mol. The molecule has 0 saturated carbocycles. The van der Waals surface area contributed by atoms with Gasteiger partial charge in [0.25, 0.3) is 0 Å². The maximum absolute atomic E-state index is 12.8. The molecule has 1 amide bonds. The fourth-order valence-electron chi connectivity index (χ4n) is 2.25. The van der Waals surface area contributed by atoms with Crippen LogP contribution in [0, 0.1) is 5.41 Å². The Morgan fingerprint density at radius 1 is 1.23 bits per heavy atom. The van der Waals surface area contributed by atoms with Crippen LogP contribution >= 0.6 is 0 Å². The molecule has 2 atom stereocenters. The zero-order valence-corrected chi connectivity index (χ0v) is 16.4. The first-order valence-corrected chi connectivity index (χ1v) is 9.72. The molecule has 0 aliphatic heterocycles. The zero-order valence-electron chi connectivity index (χ0n) is 15.6. The molecule has 0 saturated heterocycles. The van der Waals surface area contributed by atoms with Gasteiger partial charge < -0.3 is 4.90 Å². The minimum absolute atomic E-state index is 0.0384. The van der Waals surface area contributed by atoms with Crippen LogP contribution in [0.2, 0.25) is 0 Å². The Hall–Kier alpha value is -0.810. The highest BCUT2D eigenvalue weighted by atomic mass is 32.2. The first-order chi connectivity index (χ1) is 9.62. The summed E-state index contributed by atoms with van der Waals surface area (Å²) in [6, 6.07) is 0.0533. The SMILES string of the molecule is C=CCN(C(=O)CN(C(C)(C)C)S(=C)(C)=O)C(C)C(C)(C)C. The first-order valence-electron chi connectivity index (χ1n) is 7.62. The van der Waals surface area contributed by atoms with Gasteiger partial charge in [-0.15, -0.1) is 6.58 Å². The van der Waals surface area contributed by atoms with E-state index in [2.05, 4.69) is 33.2 Å². The van der Waals surface area contributed by atoms with Gasteiger partial charge in [0.05, 0.1) is 6.54 Å². The van der Waals surface area contributed by atoms with Gasteiger partial charge in [0, 0.05) is 34.1 Å². The highest BCUT2D eigenvalue weighted by Crippen LogP contribution is 2.25. The molecule has 0 aromatic carbocycles. The van der Waals surface area contributed by atoms with Gasteiger partial charge in [-0.25, -0.2) is 4.31 Å². The number of amides is 1. The molecule has 2 unspecified atom stereocenters. The van der Waals surface area contributed by atoms with E-state index in [-0.39, 0.29) is 23.9 Å². The van der Waals surface area contributed by atoms with Gasteiger partial charge in [-0.05, 0) is 39.0 Å². The molecule has 0 rings (SSSR count). The summed E-state index contributed by atoms with van der Waals surface area (Å²) in [5.41, 5.74) is -0.433. The smallest absolute Gasteiger partial charge is 0.238 e. The molecule has 0 radical (unpaired) electrons. The van der Waals surface area contributed by atoms with Crippen molar-refractivity contribution in [2.24, 2.45) is 5.41 Å². The lowest BCUT2D eigenvalue weighted by molar-refractivity contribution is -0.135. The summed E-state index contributed by atoms with van der Waals surface area (Å²) >= 11 is 0. The summed E-state index contributed by atoms with van der Waals surface area (Å²) in [4.78, 5) is 14.6. The largest absolute Gasteiger partial charge is 0.335 e. The summed E-state index contributed by atoms with van der Waals surface area (Å²) in [7, 11) is -2.47. The van der Waals surface area contributed by atoms with Crippen LogP contribution in [-0.2, 0) is 14.5 Å². The van der Waals surface area contributed by atoms with Gasteiger partial charge in [-0.3, -0.25) is 9.00 Å². The molecular formula is C17H34N2O2S. The van der Waals surface area contributed by atoms with Crippen LogP contribution in [0.25, 0.3) is 0 Å². The Balaban J connectivity index is 5.46. The molecule has 0 N–H and O–H groups in total. The third kappa shape index (κ3) is 6.13. The molecule has 130 valence electrons. The third-order valence-electron chi connectivity index (χ3n) is 3.86. The van der Waals surface area contributed by atoms with Gasteiger partial charge in [0.1, 0.15) is 0 Å². The Morgan fingerprint density at radius 2 is 1.68 bits per heavy atom. The van der Waals surface area contributed by atoms with Crippen molar-refractivity contribution in [1.82, 2.24) is 9.21 Å². The van der Waals surface area contributed by atoms with Crippen molar-refractivity contribution in [3.63, 3.8) is 0 Å². The molecule has 4 nitrogen and oxygen atoms in total. The summed E-state index contributed by atoms with van der Waals surface area (Å²) in [6.45, 7) is 18.5. The topological polar surface area (TPSA) is 40.6 Å². The van der Waals surface area contributed by atoms with E-state index in [1.165, 1.54) is 0 Å². The molecule has 0 heterocycles. The van der Waals surface area contributed by atoms with E-state index in [4.69, 9.17) is 0 Å². The van der Waals surface area contributed by atoms with Gasteiger partial charge in [0.15, 0.2) is 0 Å². The van der Waals surface area contributed by atoms with Crippen molar-refractivity contribution in [2.45, 2.75) is 60.0 Å². The van der Waals surface area contributed by atoms with Crippen molar-refractivity contribution in [2.75, 3.05) is 19.3 Å². The summed E-state index contributed by atoms with van der Waals surface area (Å²) < 4.78 is 14.1. The quantitative estimate of drug-likeness (QED) is 0.555. The van der Waals surface area contributed by atoms with E-state index in [1.54, 1.807) is 21.5 Å². The maximum atomic E-state index is 12.8. The average Bonchev–Trinajstić information content (AvgIpc) is 2.27. The second kappa shape index (κ2) is 7.18. The van der Waals surface area contributed by atoms with E-state index >= 15 is 0 Å². The third-order valence-corrected chi connectivity index (χ3v) is 5.47. The van der Waals surface area contributed by atoms with E-state index in [0.717, 1.165) is 0 Å². The Morgan fingerprint density at radius 3 is 1.95 bits per heavy atom. The lowest BCUT2D eigenvalue weighted by Crippen LogP contribution is -2.53. The van der Waals surface area contributed by atoms with Crippen LogP contribution < -0.4 is 0 Å². The number of carbonyl (C=O) groups excluding carboxylic acids is 1. The molecule has 0 bridgehead atoms. The summed E-state index contributed by atoms with van der Waals surface area (Å²) in [5, 5.41) is 0. The highest BCUT2D eigenvalue weighted by molar-refractivity contribution is 7.97. The molecule has 0 spiro atoms. The van der Waals surface area contributed by atoms with Gasteiger partial charge in [-0.1, -0.05) is 26.8 Å². The Bertz CT molecular complexity index is 496. The highest BCUT2D eigenvalue weighted by Gasteiger charge is 2.33. The van der Waals surface area contributed by atoms with Gasteiger partial charge >= 0.3 is 0 Å². The molecular weight excluding hydrogens is 296 g/mol. The Labute approximate surface area is 137 Å². The van der Waals surface area contributed by atoms with Crippen LogP contribution in [0.15, 0.2) is 12.7 Å². The van der Waals surface area contributed by atoms with E-state index in [9.17, 15) is 9.00 Å². The minimum atomic E-state index is -2.47. The average molecular weight is 331 g/mol. The standard InChI is InChI=1S/C17H34N2O2S/c1-11-12-18(14(2)16(3,4)5)15(20)13-19(17(6,7)8)22(9,10)21/h11,14H,1,9,12-13H2,2-8,10H3. The van der Waals surface area contributed by atoms with Crippen LogP contribution in [0.4, 0.5) is 0 Å². The van der Waals surface area contributed by atoms with Crippen LogP contribution in [0.1, 0.15) is 48.5 Å². The number of hydrogen-bond acceptors (Lipinski definition) is 2. The number of hydrogen-bond donors (Lipinski definition) is 0. The van der Waals surface area contributed by atoms with Crippen molar-refractivity contribution in [1.29, 1.82) is 0 Å². The Kier molecular flexibility index (Phi) is 6.91. The molecule has 0 aromatic rings. The van der Waals surface area contributed by atoms with E-state index < -0.39 is 15.2 Å². The molecule has 0 aromatic heterocycles. The van der Waals surface area contributed by atoms with Gasteiger partial charge in [0.2, 0.25) is 5.91 Å².